The van der Waals surface area contributed by atoms with Crippen LogP contribution < -0.4 is 0 Å². The normalized spacial score (nSPS) is 14.3. The van der Waals surface area contributed by atoms with E-state index in [2.05, 4.69) is 33.0 Å². The lowest BCUT2D eigenvalue weighted by Gasteiger charge is -2.14. The summed E-state index contributed by atoms with van der Waals surface area (Å²) in [5.41, 5.74) is 1.94. The highest BCUT2D eigenvalue weighted by Gasteiger charge is 2.19. The van der Waals surface area contributed by atoms with Gasteiger partial charge in [-0.3, -0.25) is 4.79 Å². The van der Waals surface area contributed by atoms with Crippen molar-refractivity contribution in [3.05, 3.63) is 58.2 Å². The van der Waals surface area contributed by atoms with Crippen LogP contribution in [0.3, 0.4) is 0 Å². The number of rotatable bonds is 4. The second-order valence-electron chi connectivity index (χ2n) is 5.30. The maximum Gasteiger partial charge on any atom is 0.255 e. The van der Waals surface area contributed by atoms with E-state index in [0.29, 0.717) is 5.56 Å². The Morgan fingerprint density at radius 3 is 2.73 bits per heavy atom. The molecular weight excluding hydrogens is 360 g/mol. The average molecular weight is 377 g/mol. The lowest BCUT2D eigenvalue weighted by Crippen LogP contribution is -2.27. The Labute approximate surface area is 143 Å². The number of carbonyl (C=O) groups is 1. The molecule has 0 aliphatic carbocycles. The highest BCUT2D eigenvalue weighted by atomic mass is 79.9. The van der Waals surface area contributed by atoms with Crippen molar-refractivity contribution in [1.82, 2.24) is 9.88 Å². The second kappa shape index (κ2) is 7.29. The van der Waals surface area contributed by atoms with Gasteiger partial charge in [-0.25, -0.2) is 4.98 Å². The van der Waals surface area contributed by atoms with Crippen LogP contribution in [0.2, 0.25) is 0 Å². The lowest BCUT2D eigenvalue weighted by molar-refractivity contribution is 0.0792. The fourth-order valence-corrected chi connectivity index (χ4v) is 3.71. The molecule has 1 aliphatic rings. The topological polar surface area (TPSA) is 33.2 Å². The zero-order valence-electron chi connectivity index (χ0n) is 12.2. The molecule has 1 aromatic heterocycles. The van der Waals surface area contributed by atoms with Crippen molar-refractivity contribution in [2.24, 2.45) is 0 Å². The Morgan fingerprint density at radius 1 is 1.23 bits per heavy atom. The fourth-order valence-electron chi connectivity index (χ4n) is 2.48. The Bertz CT molecular complexity index is 654. The molecule has 3 nitrogen and oxygen atoms in total. The van der Waals surface area contributed by atoms with Crippen molar-refractivity contribution in [1.29, 1.82) is 0 Å². The van der Waals surface area contributed by atoms with Crippen molar-refractivity contribution in [3.8, 4) is 0 Å². The molecule has 0 N–H and O–H groups in total. The van der Waals surface area contributed by atoms with E-state index >= 15 is 0 Å². The number of hydrogen-bond acceptors (Lipinski definition) is 3. The summed E-state index contributed by atoms with van der Waals surface area (Å²) in [5, 5.41) is 0.943. The predicted molar refractivity (Wildman–Crippen MR) is 93.1 cm³/mol. The summed E-state index contributed by atoms with van der Waals surface area (Å²) >= 11 is 5.16. The Morgan fingerprint density at radius 2 is 2.05 bits per heavy atom. The summed E-state index contributed by atoms with van der Waals surface area (Å²) in [6.45, 7) is 1.75. The Hall–Kier alpha value is -1.33. The number of carbonyl (C=O) groups excluding carboxylic acids is 1. The van der Waals surface area contributed by atoms with E-state index in [0.717, 1.165) is 41.2 Å². The maximum atomic E-state index is 12.2. The van der Waals surface area contributed by atoms with E-state index in [-0.39, 0.29) is 5.91 Å². The maximum absolute atomic E-state index is 12.2. The molecule has 0 bridgehead atoms. The second-order valence-corrected chi connectivity index (χ2v) is 7.21. The van der Waals surface area contributed by atoms with Gasteiger partial charge < -0.3 is 4.90 Å². The largest absolute Gasteiger partial charge is 0.339 e. The number of halogens is 1. The van der Waals surface area contributed by atoms with Crippen molar-refractivity contribution in [3.63, 3.8) is 0 Å². The molecule has 0 unspecified atom stereocenters. The lowest BCUT2D eigenvalue weighted by atomic mass is 10.2. The third-order valence-corrected chi connectivity index (χ3v) is 5.16. The van der Waals surface area contributed by atoms with Crippen LogP contribution >= 0.6 is 27.7 Å². The van der Waals surface area contributed by atoms with E-state index in [9.17, 15) is 4.79 Å². The van der Waals surface area contributed by atoms with Crippen molar-refractivity contribution in [2.45, 2.75) is 23.6 Å². The van der Waals surface area contributed by atoms with Gasteiger partial charge in [0.1, 0.15) is 0 Å². The molecule has 2 heterocycles. The predicted octanol–water partition coefficient (Wildman–Crippen LogP) is 4.37. The minimum Gasteiger partial charge on any atom is -0.339 e. The number of nitrogens with zero attached hydrogens (tertiary/aromatic N) is 2. The highest BCUT2D eigenvalue weighted by molar-refractivity contribution is 9.10. The first kappa shape index (κ1) is 15.6. The van der Waals surface area contributed by atoms with Gasteiger partial charge in [-0.05, 0) is 42.7 Å². The van der Waals surface area contributed by atoms with Crippen molar-refractivity contribution in [2.75, 3.05) is 13.1 Å². The molecule has 2 aromatic rings. The summed E-state index contributed by atoms with van der Waals surface area (Å²) < 4.78 is 1.09. The minimum atomic E-state index is 0.105. The summed E-state index contributed by atoms with van der Waals surface area (Å²) in [5.74, 6) is 0.972. The van der Waals surface area contributed by atoms with Crippen LogP contribution in [0.4, 0.5) is 0 Å². The first-order valence-electron chi connectivity index (χ1n) is 7.35. The zero-order chi connectivity index (χ0) is 15.4. The van der Waals surface area contributed by atoms with E-state index < -0.39 is 0 Å². The minimum absolute atomic E-state index is 0.105. The van der Waals surface area contributed by atoms with Crippen LogP contribution in [-0.4, -0.2) is 28.9 Å². The van der Waals surface area contributed by atoms with Crippen LogP contribution in [-0.2, 0) is 5.75 Å². The molecule has 0 saturated carbocycles. The summed E-state index contributed by atoms with van der Waals surface area (Å²) in [6.07, 6.45) is 3.92. The Kier molecular flexibility index (Phi) is 5.16. The van der Waals surface area contributed by atoms with E-state index in [4.69, 9.17) is 0 Å². The van der Waals surface area contributed by atoms with E-state index in [1.165, 1.54) is 5.56 Å². The molecule has 1 saturated heterocycles. The van der Waals surface area contributed by atoms with Gasteiger partial charge in [0, 0.05) is 29.5 Å². The number of benzene rings is 1. The van der Waals surface area contributed by atoms with Crippen molar-refractivity contribution >= 4 is 33.6 Å². The SMILES string of the molecule is O=C(c1ccc(SCc2cccc(Br)c2)nc1)N1CCCC1. The Balaban J connectivity index is 1.60. The third kappa shape index (κ3) is 3.90. The van der Waals surface area contributed by atoms with E-state index in [1.807, 2.05) is 29.2 Å². The van der Waals surface area contributed by atoms with Crippen LogP contribution in [0, 0.1) is 0 Å². The number of aromatic nitrogens is 1. The number of hydrogen-bond donors (Lipinski definition) is 0. The molecule has 1 amide bonds. The van der Waals surface area contributed by atoms with Crippen LogP contribution in [0.5, 0.6) is 0 Å². The van der Waals surface area contributed by atoms with Crippen molar-refractivity contribution < 1.29 is 4.79 Å². The number of amides is 1. The van der Waals surface area contributed by atoms with Gasteiger partial charge in [0.25, 0.3) is 5.91 Å². The van der Waals surface area contributed by atoms with Gasteiger partial charge in [-0.2, -0.15) is 0 Å². The summed E-state index contributed by atoms with van der Waals surface area (Å²) in [4.78, 5) is 18.6. The fraction of sp³-hybridized carbons (Fsp3) is 0.294. The monoisotopic (exact) mass is 376 g/mol. The molecule has 5 heteroatoms. The van der Waals surface area contributed by atoms with Crippen LogP contribution in [0.25, 0.3) is 0 Å². The number of likely N-dealkylation sites (tertiary alicyclic amines) is 1. The highest BCUT2D eigenvalue weighted by Crippen LogP contribution is 2.23. The van der Waals surface area contributed by atoms with Crippen LogP contribution in [0.1, 0.15) is 28.8 Å². The molecule has 1 fully saturated rings. The molecular formula is C17H17BrN2OS. The van der Waals surface area contributed by atoms with Gasteiger partial charge in [0.2, 0.25) is 0 Å². The molecule has 0 spiro atoms. The molecule has 1 aliphatic heterocycles. The zero-order valence-corrected chi connectivity index (χ0v) is 14.6. The van der Waals surface area contributed by atoms with Gasteiger partial charge in [0.05, 0.1) is 10.6 Å². The first-order valence-corrected chi connectivity index (χ1v) is 9.13. The standard InChI is InChI=1S/C17H17BrN2OS/c18-15-5-3-4-13(10-15)12-22-16-7-6-14(11-19-16)17(21)20-8-1-2-9-20/h3-7,10-11H,1-2,8-9,12H2. The first-order chi connectivity index (χ1) is 10.7. The molecule has 114 valence electrons. The van der Waals surface area contributed by atoms with Crippen LogP contribution in [0.15, 0.2) is 52.1 Å². The number of pyridine rings is 1. The smallest absolute Gasteiger partial charge is 0.255 e. The van der Waals surface area contributed by atoms with Gasteiger partial charge in [-0.15, -0.1) is 11.8 Å². The molecule has 3 rings (SSSR count). The molecule has 0 radical (unpaired) electrons. The van der Waals surface area contributed by atoms with Gasteiger partial charge in [0.15, 0.2) is 0 Å². The van der Waals surface area contributed by atoms with Gasteiger partial charge in [-0.1, -0.05) is 28.1 Å². The van der Waals surface area contributed by atoms with Gasteiger partial charge >= 0.3 is 0 Å². The third-order valence-electron chi connectivity index (χ3n) is 3.65. The summed E-state index contributed by atoms with van der Waals surface area (Å²) in [6, 6.07) is 12.1. The molecule has 1 aromatic carbocycles. The summed E-state index contributed by atoms with van der Waals surface area (Å²) in [7, 11) is 0. The average Bonchev–Trinajstić information content (AvgIpc) is 3.07. The molecule has 0 atom stereocenters. The van der Waals surface area contributed by atoms with E-state index in [1.54, 1.807) is 18.0 Å². The number of thioether (sulfide) groups is 1. The molecule has 22 heavy (non-hydrogen) atoms. The quantitative estimate of drug-likeness (QED) is 0.742.